The van der Waals surface area contributed by atoms with Crippen molar-refractivity contribution in [2.75, 3.05) is 24.9 Å². The van der Waals surface area contributed by atoms with E-state index in [0.717, 1.165) is 4.88 Å². The zero-order chi connectivity index (χ0) is 14.5. The number of hydrogen-bond donors (Lipinski definition) is 2. The highest BCUT2D eigenvalue weighted by Gasteiger charge is 2.10. The topological polar surface area (TPSA) is 72.5 Å². The van der Waals surface area contributed by atoms with Gasteiger partial charge in [0, 0.05) is 17.1 Å². The molecule has 0 aliphatic rings. The lowest BCUT2D eigenvalue weighted by atomic mass is 10.2. The third kappa shape index (κ3) is 3.39. The fourth-order valence-corrected chi connectivity index (χ4v) is 2.23. The Hall–Kier alpha value is -2.28. The number of ether oxygens (including phenoxy) is 2. The lowest BCUT2D eigenvalue weighted by Crippen LogP contribution is -2.19. The quantitative estimate of drug-likeness (QED) is 0.908. The van der Waals surface area contributed by atoms with Crippen molar-refractivity contribution in [3.63, 3.8) is 0 Å². The number of anilines is 2. The lowest BCUT2D eigenvalue weighted by Gasteiger charge is -2.11. The summed E-state index contributed by atoms with van der Waals surface area (Å²) >= 11 is 1.41. The van der Waals surface area contributed by atoms with Crippen LogP contribution in [0.1, 0.15) is 4.88 Å². The first-order chi connectivity index (χ1) is 9.62. The van der Waals surface area contributed by atoms with Crippen molar-refractivity contribution in [2.45, 2.75) is 6.92 Å². The molecule has 0 fully saturated rings. The van der Waals surface area contributed by atoms with Gasteiger partial charge in [-0.2, -0.15) is 0 Å². The number of aromatic nitrogens is 1. The monoisotopic (exact) mass is 293 g/mol. The van der Waals surface area contributed by atoms with Gasteiger partial charge >= 0.3 is 6.03 Å². The molecule has 7 heteroatoms. The first kappa shape index (κ1) is 14.1. The molecule has 2 rings (SSSR count). The Kier molecular flexibility index (Phi) is 4.41. The number of methoxy groups -OCH3 is 2. The largest absolute Gasteiger partial charge is 0.497 e. The number of carbonyl (C=O) groups is 1. The summed E-state index contributed by atoms with van der Waals surface area (Å²) in [5.74, 6) is 1.18. The van der Waals surface area contributed by atoms with Crippen molar-refractivity contribution >= 4 is 28.2 Å². The van der Waals surface area contributed by atoms with Gasteiger partial charge in [0.1, 0.15) is 11.5 Å². The van der Waals surface area contributed by atoms with Gasteiger partial charge in [0.05, 0.1) is 19.9 Å². The maximum atomic E-state index is 11.9. The number of nitrogens with zero attached hydrogens (tertiary/aromatic N) is 1. The van der Waals surface area contributed by atoms with Gasteiger partial charge in [0.2, 0.25) is 0 Å². The summed E-state index contributed by atoms with van der Waals surface area (Å²) in [6, 6.07) is 4.78. The maximum Gasteiger partial charge on any atom is 0.325 e. The van der Waals surface area contributed by atoms with Gasteiger partial charge in [-0.3, -0.25) is 5.32 Å². The molecule has 2 aromatic rings. The third-order valence-electron chi connectivity index (χ3n) is 2.50. The van der Waals surface area contributed by atoms with Crippen molar-refractivity contribution in [1.29, 1.82) is 0 Å². The predicted octanol–water partition coefficient (Wildman–Crippen LogP) is 3.11. The molecule has 20 heavy (non-hydrogen) atoms. The number of hydrogen-bond acceptors (Lipinski definition) is 5. The van der Waals surface area contributed by atoms with E-state index in [-0.39, 0.29) is 6.03 Å². The first-order valence-corrected chi connectivity index (χ1v) is 6.66. The molecule has 0 saturated carbocycles. The van der Waals surface area contributed by atoms with E-state index in [1.807, 2.05) is 6.92 Å². The molecule has 1 aromatic heterocycles. The minimum Gasteiger partial charge on any atom is -0.497 e. The molecular weight excluding hydrogens is 278 g/mol. The van der Waals surface area contributed by atoms with E-state index >= 15 is 0 Å². The highest BCUT2D eigenvalue weighted by molar-refractivity contribution is 7.15. The Balaban J connectivity index is 2.10. The molecule has 0 aliphatic heterocycles. The molecule has 2 N–H and O–H groups in total. The molecule has 6 nitrogen and oxygen atoms in total. The summed E-state index contributed by atoms with van der Waals surface area (Å²) in [4.78, 5) is 17.0. The Morgan fingerprint density at radius 3 is 2.65 bits per heavy atom. The normalized spacial score (nSPS) is 9.95. The molecule has 0 radical (unpaired) electrons. The van der Waals surface area contributed by atoms with Gasteiger partial charge in [-0.1, -0.05) is 0 Å². The Bertz CT molecular complexity index is 613. The zero-order valence-electron chi connectivity index (χ0n) is 11.4. The number of aryl methyl sites for hydroxylation is 1. The van der Waals surface area contributed by atoms with Crippen LogP contribution in [0, 0.1) is 6.92 Å². The SMILES string of the molecule is COc1ccc(OC)c(NC(=O)Nc2ncc(C)s2)c1. The minimum atomic E-state index is -0.383. The molecule has 0 atom stereocenters. The van der Waals surface area contributed by atoms with E-state index in [9.17, 15) is 4.79 Å². The highest BCUT2D eigenvalue weighted by Crippen LogP contribution is 2.29. The molecule has 0 spiro atoms. The number of benzene rings is 1. The number of urea groups is 1. The molecule has 0 saturated heterocycles. The van der Waals surface area contributed by atoms with E-state index in [0.29, 0.717) is 22.3 Å². The number of rotatable bonds is 4. The summed E-state index contributed by atoms with van der Waals surface area (Å²) in [5, 5.41) is 5.91. The maximum absolute atomic E-state index is 11.9. The molecule has 1 aromatic carbocycles. The Morgan fingerprint density at radius 1 is 1.25 bits per heavy atom. The standard InChI is InChI=1S/C13H15N3O3S/c1-8-7-14-13(20-8)16-12(17)15-10-6-9(18-2)4-5-11(10)19-3/h4-7H,1-3H3,(H2,14,15,16,17). The number of amides is 2. The van der Waals surface area contributed by atoms with Crippen LogP contribution in [-0.4, -0.2) is 25.2 Å². The number of thiazole rings is 1. The number of carbonyl (C=O) groups excluding carboxylic acids is 1. The van der Waals surface area contributed by atoms with E-state index < -0.39 is 0 Å². The second-order valence-corrected chi connectivity index (χ2v) is 5.16. The second kappa shape index (κ2) is 6.25. The van der Waals surface area contributed by atoms with Crippen LogP contribution < -0.4 is 20.1 Å². The average molecular weight is 293 g/mol. The predicted molar refractivity (Wildman–Crippen MR) is 79.0 cm³/mol. The van der Waals surface area contributed by atoms with Crippen LogP contribution in [0.4, 0.5) is 15.6 Å². The van der Waals surface area contributed by atoms with Gasteiger partial charge in [-0.15, -0.1) is 11.3 Å². The molecule has 2 amide bonds. The van der Waals surface area contributed by atoms with Crippen molar-refractivity contribution in [1.82, 2.24) is 4.98 Å². The zero-order valence-corrected chi connectivity index (χ0v) is 12.2. The van der Waals surface area contributed by atoms with Crippen molar-refractivity contribution in [3.8, 4) is 11.5 Å². The average Bonchev–Trinajstić information content (AvgIpc) is 2.83. The second-order valence-electron chi connectivity index (χ2n) is 3.92. The molecule has 0 aliphatic carbocycles. The molecule has 0 unspecified atom stereocenters. The van der Waals surface area contributed by atoms with Crippen LogP contribution in [-0.2, 0) is 0 Å². The summed E-state index contributed by atoms with van der Waals surface area (Å²) in [5.41, 5.74) is 0.526. The molecule has 0 bridgehead atoms. The minimum absolute atomic E-state index is 0.383. The third-order valence-corrected chi connectivity index (χ3v) is 3.32. The van der Waals surface area contributed by atoms with Gasteiger partial charge in [-0.25, -0.2) is 9.78 Å². The lowest BCUT2D eigenvalue weighted by molar-refractivity contribution is 0.262. The van der Waals surface area contributed by atoms with Crippen LogP contribution in [0.2, 0.25) is 0 Å². The van der Waals surface area contributed by atoms with E-state index in [1.165, 1.54) is 18.4 Å². The van der Waals surface area contributed by atoms with Crippen LogP contribution >= 0.6 is 11.3 Å². The smallest absolute Gasteiger partial charge is 0.325 e. The summed E-state index contributed by atoms with van der Waals surface area (Å²) in [7, 11) is 3.10. The van der Waals surface area contributed by atoms with Gasteiger partial charge in [0.15, 0.2) is 5.13 Å². The van der Waals surface area contributed by atoms with Crippen LogP contribution in [0.5, 0.6) is 11.5 Å². The summed E-state index contributed by atoms with van der Waals surface area (Å²) < 4.78 is 10.3. The first-order valence-electron chi connectivity index (χ1n) is 5.85. The highest BCUT2D eigenvalue weighted by atomic mass is 32.1. The van der Waals surface area contributed by atoms with Crippen molar-refractivity contribution in [3.05, 3.63) is 29.3 Å². The van der Waals surface area contributed by atoms with Crippen LogP contribution in [0.25, 0.3) is 0 Å². The van der Waals surface area contributed by atoms with Crippen LogP contribution in [0.15, 0.2) is 24.4 Å². The molecule has 106 valence electrons. The Labute approximate surface area is 120 Å². The van der Waals surface area contributed by atoms with E-state index in [4.69, 9.17) is 9.47 Å². The van der Waals surface area contributed by atoms with Crippen molar-refractivity contribution < 1.29 is 14.3 Å². The van der Waals surface area contributed by atoms with Crippen LogP contribution in [0.3, 0.4) is 0 Å². The number of nitrogens with one attached hydrogen (secondary N) is 2. The van der Waals surface area contributed by atoms with Crippen molar-refractivity contribution in [2.24, 2.45) is 0 Å². The van der Waals surface area contributed by atoms with Gasteiger partial charge in [-0.05, 0) is 19.1 Å². The fraction of sp³-hybridized carbons (Fsp3) is 0.231. The fourth-order valence-electron chi connectivity index (χ4n) is 1.57. The summed E-state index contributed by atoms with van der Waals surface area (Å²) in [6.07, 6.45) is 1.70. The van der Waals surface area contributed by atoms with E-state index in [2.05, 4.69) is 15.6 Å². The molecule has 1 heterocycles. The van der Waals surface area contributed by atoms with Gasteiger partial charge < -0.3 is 14.8 Å². The summed E-state index contributed by atoms with van der Waals surface area (Å²) in [6.45, 7) is 1.92. The van der Waals surface area contributed by atoms with E-state index in [1.54, 1.807) is 31.5 Å². The Morgan fingerprint density at radius 2 is 2.05 bits per heavy atom. The molecular formula is C13H15N3O3S. The van der Waals surface area contributed by atoms with Gasteiger partial charge in [0.25, 0.3) is 0 Å².